The number of esters is 1. The van der Waals surface area contributed by atoms with Gasteiger partial charge >= 0.3 is 5.97 Å². The number of nitrogens with one attached hydrogen (secondary N) is 1. The molecule has 39 heavy (non-hydrogen) atoms. The zero-order valence-electron chi connectivity index (χ0n) is 22.3. The lowest BCUT2D eigenvalue weighted by molar-refractivity contribution is -0.136. The summed E-state index contributed by atoms with van der Waals surface area (Å²) in [7, 11) is 2.88. The van der Waals surface area contributed by atoms with Gasteiger partial charge in [-0.2, -0.15) is 0 Å². The summed E-state index contributed by atoms with van der Waals surface area (Å²) in [6.07, 6.45) is 1.65. The number of nitrogens with zero attached hydrogens (tertiary/aromatic N) is 1. The molecule has 3 aromatic rings. The Morgan fingerprint density at radius 1 is 0.872 bits per heavy atom. The van der Waals surface area contributed by atoms with E-state index in [0.29, 0.717) is 35.0 Å². The lowest BCUT2D eigenvalue weighted by atomic mass is 10.0. The molecule has 0 fully saturated rings. The molecule has 1 N–H and O–H groups in total. The average molecular weight is 527 g/mol. The lowest BCUT2D eigenvalue weighted by Crippen LogP contribution is -2.24. The van der Waals surface area contributed by atoms with Crippen LogP contribution in [0.1, 0.15) is 23.6 Å². The number of anilines is 1. The highest BCUT2D eigenvalue weighted by Gasteiger charge is 2.37. The molecule has 0 saturated heterocycles. The van der Waals surface area contributed by atoms with Crippen molar-refractivity contribution in [1.29, 1.82) is 0 Å². The van der Waals surface area contributed by atoms with Gasteiger partial charge in [0.2, 0.25) is 0 Å². The van der Waals surface area contributed by atoms with E-state index in [1.807, 2.05) is 55.5 Å². The molecule has 1 aliphatic rings. The molecule has 1 heterocycles. The first kappa shape index (κ1) is 27.2. The van der Waals surface area contributed by atoms with Crippen LogP contribution in [-0.4, -0.2) is 43.5 Å². The standard InChI is InChI=1S/C31H30N2O6/c1-20-5-11-24(12-6-20)32-28(34)19-39-26-15-7-22(8-16-26)17-27-29(31(36)38-4)21(2)33(30(27)35)18-23-9-13-25(37-3)14-10-23/h5-17H,18-19H2,1-4H3,(H,32,34)/b27-17-. The van der Waals surface area contributed by atoms with Crippen molar-refractivity contribution in [3.63, 3.8) is 0 Å². The number of rotatable bonds is 9. The molecule has 0 spiro atoms. The van der Waals surface area contributed by atoms with Crippen LogP contribution in [0.5, 0.6) is 11.5 Å². The van der Waals surface area contributed by atoms with Gasteiger partial charge in [-0.05, 0) is 67.4 Å². The lowest BCUT2D eigenvalue weighted by Gasteiger charge is -2.18. The summed E-state index contributed by atoms with van der Waals surface area (Å²) in [4.78, 5) is 39.8. The maximum absolute atomic E-state index is 13.4. The van der Waals surface area contributed by atoms with E-state index >= 15 is 0 Å². The quantitative estimate of drug-likeness (QED) is 0.315. The van der Waals surface area contributed by atoms with E-state index < -0.39 is 5.97 Å². The molecule has 3 aromatic carbocycles. The third-order valence-corrected chi connectivity index (χ3v) is 6.30. The Balaban J connectivity index is 1.46. The number of carbonyl (C=O) groups excluding carboxylic acids is 3. The molecule has 8 nitrogen and oxygen atoms in total. The fourth-order valence-electron chi connectivity index (χ4n) is 4.14. The average Bonchev–Trinajstić information content (AvgIpc) is 3.18. The van der Waals surface area contributed by atoms with E-state index in [4.69, 9.17) is 14.2 Å². The summed E-state index contributed by atoms with van der Waals surface area (Å²) in [6, 6.07) is 21.8. The Morgan fingerprint density at radius 2 is 1.51 bits per heavy atom. The zero-order chi connectivity index (χ0) is 27.9. The Hall–Kier alpha value is -4.85. The zero-order valence-corrected chi connectivity index (χ0v) is 22.3. The van der Waals surface area contributed by atoms with Gasteiger partial charge in [0.1, 0.15) is 11.5 Å². The van der Waals surface area contributed by atoms with Gasteiger partial charge in [-0.25, -0.2) is 4.79 Å². The number of hydrogen-bond donors (Lipinski definition) is 1. The number of ether oxygens (including phenoxy) is 3. The maximum atomic E-state index is 13.4. The van der Waals surface area contributed by atoms with Gasteiger partial charge in [0.05, 0.1) is 31.9 Å². The molecule has 200 valence electrons. The van der Waals surface area contributed by atoms with Gasteiger partial charge in [-0.15, -0.1) is 0 Å². The number of allylic oxidation sites excluding steroid dienone is 1. The monoisotopic (exact) mass is 526 g/mol. The minimum atomic E-state index is -0.580. The summed E-state index contributed by atoms with van der Waals surface area (Å²) in [5, 5.41) is 2.79. The highest BCUT2D eigenvalue weighted by Crippen LogP contribution is 2.33. The topological polar surface area (TPSA) is 94.2 Å². The van der Waals surface area contributed by atoms with Crippen molar-refractivity contribution in [2.45, 2.75) is 20.4 Å². The van der Waals surface area contributed by atoms with Gasteiger partial charge in [-0.3, -0.25) is 9.59 Å². The van der Waals surface area contributed by atoms with Gasteiger partial charge in [0, 0.05) is 11.4 Å². The van der Waals surface area contributed by atoms with Crippen molar-refractivity contribution < 1.29 is 28.6 Å². The van der Waals surface area contributed by atoms with E-state index in [0.717, 1.165) is 11.1 Å². The number of hydrogen-bond acceptors (Lipinski definition) is 6. The van der Waals surface area contributed by atoms with E-state index in [9.17, 15) is 14.4 Å². The largest absolute Gasteiger partial charge is 0.497 e. The molecular formula is C31H30N2O6. The maximum Gasteiger partial charge on any atom is 0.340 e. The second-order valence-corrected chi connectivity index (χ2v) is 9.02. The minimum absolute atomic E-state index is 0.151. The van der Waals surface area contributed by atoms with Crippen LogP contribution < -0.4 is 14.8 Å². The molecule has 0 atom stereocenters. The highest BCUT2D eigenvalue weighted by molar-refractivity contribution is 6.16. The Kier molecular flexibility index (Phi) is 8.46. The van der Waals surface area contributed by atoms with Crippen LogP contribution in [0.25, 0.3) is 6.08 Å². The first-order valence-corrected chi connectivity index (χ1v) is 12.3. The van der Waals surface area contributed by atoms with E-state index in [2.05, 4.69) is 5.32 Å². The molecule has 0 saturated carbocycles. The fraction of sp³-hybridized carbons (Fsp3) is 0.194. The number of methoxy groups -OCH3 is 2. The van der Waals surface area contributed by atoms with Crippen LogP contribution in [0.2, 0.25) is 0 Å². The predicted octanol–water partition coefficient (Wildman–Crippen LogP) is 4.89. The summed E-state index contributed by atoms with van der Waals surface area (Å²) in [5.41, 5.74) is 4.38. The van der Waals surface area contributed by atoms with Gasteiger partial charge < -0.3 is 24.4 Å². The van der Waals surface area contributed by atoms with Crippen molar-refractivity contribution in [3.05, 3.63) is 106 Å². The smallest absolute Gasteiger partial charge is 0.340 e. The van der Waals surface area contributed by atoms with Crippen molar-refractivity contribution in [2.75, 3.05) is 26.1 Å². The van der Waals surface area contributed by atoms with Crippen LogP contribution in [0.15, 0.2) is 89.6 Å². The Bertz CT molecular complexity index is 1420. The Morgan fingerprint density at radius 3 is 2.13 bits per heavy atom. The molecule has 0 aliphatic carbocycles. The second-order valence-electron chi connectivity index (χ2n) is 9.02. The molecule has 0 aromatic heterocycles. The number of amides is 2. The third kappa shape index (κ3) is 6.54. The van der Waals surface area contributed by atoms with Crippen LogP contribution in [0.3, 0.4) is 0 Å². The number of aryl methyl sites for hydroxylation is 1. The molecule has 0 radical (unpaired) electrons. The molecule has 4 rings (SSSR count). The summed E-state index contributed by atoms with van der Waals surface area (Å²) in [5.74, 6) is 0.0616. The molecule has 0 unspecified atom stereocenters. The van der Waals surface area contributed by atoms with Crippen LogP contribution in [0.4, 0.5) is 5.69 Å². The van der Waals surface area contributed by atoms with Gasteiger partial charge in [0.25, 0.3) is 11.8 Å². The van der Waals surface area contributed by atoms with Crippen molar-refractivity contribution in [2.24, 2.45) is 0 Å². The first-order valence-electron chi connectivity index (χ1n) is 12.3. The first-order chi connectivity index (χ1) is 18.8. The van der Waals surface area contributed by atoms with Crippen LogP contribution in [0, 0.1) is 6.92 Å². The van der Waals surface area contributed by atoms with E-state index in [1.165, 1.54) is 7.11 Å². The molecule has 2 amide bonds. The van der Waals surface area contributed by atoms with Gasteiger partial charge in [-0.1, -0.05) is 42.0 Å². The molecule has 0 bridgehead atoms. The van der Waals surface area contributed by atoms with Gasteiger partial charge in [0.15, 0.2) is 6.61 Å². The minimum Gasteiger partial charge on any atom is -0.497 e. The predicted molar refractivity (Wildman–Crippen MR) is 148 cm³/mol. The van der Waals surface area contributed by atoms with Crippen molar-refractivity contribution >= 4 is 29.5 Å². The molecular weight excluding hydrogens is 496 g/mol. The second kappa shape index (κ2) is 12.1. The SMILES string of the molecule is COC(=O)C1=C(C)N(Cc2ccc(OC)cc2)C(=O)/C1=C\c1ccc(OCC(=O)Nc2ccc(C)cc2)cc1. The van der Waals surface area contributed by atoms with E-state index in [1.54, 1.807) is 49.3 Å². The third-order valence-electron chi connectivity index (χ3n) is 6.30. The number of carbonyl (C=O) groups is 3. The van der Waals surface area contributed by atoms with Crippen molar-refractivity contribution in [1.82, 2.24) is 4.90 Å². The Labute approximate surface area is 227 Å². The number of benzene rings is 3. The van der Waals surface area contributed by atoms with E-state index in [-0.39, 0.29) is 29.6 Å². The summed E-state index contributed by atoms with van der Waals surface area (Å²) < 4.78 is 15.8. The normalized spacial score (nSPS) is 14.0. The highest BCUT2D eigenvalue weighted by atomic mass is 16.5. The fourth-order valence-corrected chi connectivity index (χ4v) is 4.14. The van der Waals surface area contributed by atoms with Crippen LogP contribution >= 0.6 is 0 Å². The molecule has 1 aliphatic heterocycles. The van der Waals surface area contributed by atoms with Crippen LogP contribution in [-0.2, 0) is 25.7 Å². The summed E-state index contributed by atoms with van der Waals surface area (Å²) in [6.45, 7) is 3.85. The van der Waals surface area contributed by atoms with Crippen molar-refractivity contribution in [3.8, 4) is 11.5 Å². The summed E-state index contributed by atoms with van der Waals surface area (Å²) >= 11 is 0. The molecule has 8 heteroatoms.